The van der Waals surface area contributed by atoms with Gasteiger partial charge in [0.2, 0.25) is 5.91 Å². The molecule has 0 aromatic heterocycles. The number of ether oxygens (including phenoxy) is 1. The number of carbonyl (C=O) groups is 2. The van der Waals surface area contributed by atoms with Crippen LogP contribution in [0.3, 0.4) is 0 Å². The van der Waals surface area contributed by atoms with E-state index in [0.29, 0.717) is 46.6 Å². The maximum absolute atomic E-state index is 13.9. The van der Waals surface area contributed by atoms with E-state index in [1.54, 1.807) is 23.9 Å². The zero-order valence-corrected chi connectivity index (χ0v) is 28.9. The van der Waals surface area contributed by atoms with Gasteiger partial charge in [-0.25, -0.2) is 4.79 Å². The summed E-state index contributed by atoms with van der Waals surface area (Å²) in [6.45, 7) is 0.900. The smallest absolute Gasteiger partial charge is 0.317 e. The topological polar surface area (TPSA) is 170 Å². The number of aliphatic hydroxyl groups excluding tert-OH is 5. The number of likely N-dealkylation sites (N-methyl/N-ethyl adjacent to an activating group) is 1. The molecule has 1 aliphatic carbocycles. The summed E-state index contributed by atoms with van der Waals surface area (Å²) in [5.41, 5.74) is 2.86. The van der Waals surface area contributed by atoms with Crippen LogP contribution in [-0.2, 0) is 11.3 Å². The summed E-state index contributed by atoms with van der Waals surface area (Å²) in [7, 11) is 1.38. The molecule has 16 heteroatoms. The van der Waals surface area contributed by atoms with Gasteiger partial charge in [0.15, 0.2) is 0 Å². The highest BCUT2D eigenvalue weighted by molar-refractivity contribution is 7.99. The van der Waals surface area contributed by atoms with Gasteiger partial charge in [-0.2, -0.15) is 0 Å². The molecule has 13 nitrogen and oxygen atoms in total. The van der Waals surface area contributed by atoms with Crippen molar-refractivity contribution in [1.29, 1.82) is 0 Å². The minimum absolute atomic E-state index is 0.0520. The van der Waals surface area contributed by atoms with E-state index in [2.05, 4.69) is 21.2 Å². The number of aliphatic hydroxyl groups is 5. The normalized spacial score (nSPS) is 20.5. The molecule has 2 aromatic carbocycles. The molecule has 5 atom stereocenters. The van der Waals surface area contributed by atoms with E-state index in [4.69, 9.17) is 33.0 Å². The van der Waals surface area contributed by atoms with E-state index in [-0.39, 0.29) is 31.6 Å². The molecule has 5 rings (SSSR count). The number of urea groups is 1. The van der Waals surface area contributed by atoms with Crippen molar-refractivity contribution in [3.8, 4) is 5.75 Å². The van der Waals surface area contributed by atoms with E-state index >= 15 is 0 Å². The van der Waals surface area contributed by atoms with Crippen LogP contribution in [0.1, 0.15) is 18.4 Å². The average molecular weight is 729 g/mol. The Morgan fingerprint density at radius 3 is 2.46 bits per heavy atom. The van der Waals surface area contributed by atoms with Gasteiger partial charge < -0.3 is 50.3 Å². The number of hydrogen-bond acceptors (Lipinski definition) is 11. The Balaban J connectivity index is 1.11. The van der Waals surface area contributed by atoms with Crippen LogP contribution in [0.2, 0.25) is 10.0 Å². The molecular formula is C32H43Cl2N5O8S. The lowest BCUT2D eigenvalue weighted by molar-refractivity contribution is -0.122. The van der Waals surface area contributed by atoms with Gasteiger partial charge in [-0.3, -0.25) is 9.69 Å². The standard InChI is InChI=1S/C32H43Cl2N5O8S/c1-36(15-26(41)29(43)30(44)27(42)16-40)32(46)35-8-11-47-28-13-21(33)19(12-22(28)34)14-37-18-48-17-25(37)31(45)39-10-9-38(20-6-7-20)23-4-2-3-5-24(23)39/h2-5,12-13,20,25-27,29-30,40-44H,6-11,14-18H2,1H3,(H,35,46)/t25-,26-,27+,29+,30+/m0/s1. The van der Waals surface area contributed by atoms with Gasteiger partial charge in [-0.05, 0) is 36.6 Å². The number of carbonyl (C=O) groups excluding carboxylic acids is 2. The van der Waals surface area contributed by atoms with E-state index < -0.39 is 37.1 Å². The third kappa shape index (κ3) is 8.60. The number of rotatable bonds is 14. The predicted octanol–water partition coefficient (Wildman–Crippen LogP) is 1.34. The maximum atomic E-state index is 13.9. The second kappa shape index (κ2) is 16.5. The Kier molecular flexibility index (Phi) is 12.6. The van der Waals surface area contributed by atoms with Crippen molar-refractivity contribution in [3.05, 3.63) is 52.0 Å². The average Bonchev–Trinajstić information content (AvgIpc) is 3.83. The molecule has 0 radical (unpaired) electrons. The molecule has 2 heterocycles. The highest BCUT2D eigenvalue weighted by atomic mass is 35.5. The van der Waals surface area contributed by atoms with Gasteiger partial charge in [0.25, 0.3) is 0 Å². The fourth-order valence-corrected chi connectivity index (χ4v) is 7.57. The van der Waals surface area contributed by atoms with Crippen LogP contribution in [0, 0.1) is 0 Å². The second-order valence-electron chi connectivity index (χ2n) is 12.3. The number of anilines is 2. The van der Waals surface area contributed by atoms with Crippen molar-refractivity contribution in [2.24, 2.45) is 0 Å². The lowest BCUT2D eigenvalue weighted by Crippen LogP contribution is -2.52. The molecule has 48 heavy (non-hydrogen) atoms. The number of benzene rings is 2. The summed E-state index contributed by atoms with van der Waals surface area (Å²) in [6, 6.07) is 11.2. The fourth-order valence-electron chi connectivity index (χ4n) is 5.93. The van der Waals surface area contributed by atoms with E-state index in [0.717, 1.165) is 28.4 Å². The number of amides is 3. The van der Waals surface area contributed by atoms with Crippen molar-refractivity contribution >= 4 is 58.3 Å². The fraction of sp³-hybridized carbons (Fsp3) is 0.562. The largest absolute Gasteiger partial charge is 0.490 e. The van der Waals surface area contributed by atoms with Gasteiger partial charge in [0, 0.05) is 55.4 Å². The number of fused-ring (bicyclic) bond motifs is 1. The van der Waals surface area contributed by atoms with E-state index in [1.807, 2.05) is 23.1 Å². The Morgan fingerprint density at radius 1 is 1.04 bits per heavy atom. The number of hydrogen-bond donors (Lipinski definition) is 6. The van der Waals surface area contributed by atoms with Crippen LogP contribution in [0.25, 0.3) is 0 Å². The first kappa shape index (κ1) is 36.7. The minimum atomic E-state index is -1.79. The molecule has 2 aliphatic heterocycles. The summed E-state index contributed by atoms with van der Waals surface area (Å²) in [4.78, 5) is 33.9. The van der Waals surface area contributed by atoms with Crippen LogP contribution in [-0.4, -0.2) is 142 Å². The van der Waals surface area contributed by atoms with Crippen LogP contribution in [0.4, 0.5) is 16.2 Å². The minimum Gasteiger partial charge on any atom is -0.490 e. The zero-order chi connectivity index (χ0) is 34.5. The van der Waals surface area contributed by atoms with Gasteiger partial charge in [0.05, 0.1) is 42.1 Å². The molecule has 0 spiro atoms. The number of thioether (sulfide) groups is 1. The highest BCUT2D eigenvalue weighted by Gasteiger charge is 2.40. The second-order valence-corrected chi connectivity index (χ2v) is 14.1. The van der Waals surface area contributed by atoms with E-state index in [1.165, 1.54) is 19.9 Å². The van der Waals surface area contributed by atoms with Crippen LogP contribution < -0.4 is 19.9 Å². The van der Waals surface area contributed by atoms with Gasteiger partial charge in [0.1, 0.15) is 36.8 Å². The first-order valence-electron chi connectivity index (χ1n) is 15.9. The Bertz CT molecular complexity index is 1440. The molecule has 264 valence electrons. The van der Waals surface area contributed by atoms with Crippen molar-refractivity contribution < 1.29 is 39.9 Å². The van der Waals surface area contributed by atoms with Crippen LogP contribution in [0.15, 0.2) is 36.4 Å². The molecule has 2 fully saturated rings. The lowest BCUT2D eigenvalue weighted by Gasteiger charge is -2.39. The van der Waals surface area contributed by atoms with Gasteiger partial charge in [-0.15, -0.1) is 11.8 Å². The lowest BCUT2D eigenvalue weighted by atomic mass is 10.0. The summed E-state index contributed by atoms with van der Waals surface area (Å²) in [5, 5.41) is 51.6. The Hall–Kier alpha value is -2.53. The molecular weight excluding hydrogens is 685 g/mol. The Labute approximate surface area is 293 Å². The van der Waals surface area contributed by atoms with Crippen molar-refractivity contribution in [1.82, 2.24) is 15.1 Å². The number of halogens is 2. The molecule has 6 N–H and O–H groups in total. The first-order valence-corrected chi connectivity index (χ1v) is 17.8. The SMILES string of the molecule is CN(C[C@H](O)[C@@H](O)[C@H](O)[C@H](O)CO)C(=O)NCCOc1cc(Cl)c(CN2CSC[C@H]2C(=O)N2CCN(C3CC3)c3ccccc32)cc1Cl. The summed E-state index contributed by atoms with van der Waals surface area (Å²) in [5.74, 6) is 1.78. The molecule has 0 unspecified atom stereocenters. The molecule has 0 bridgehead atoms. The quantitative estimate of drug-likeness (QED) is 0.155. The predicted molar refractivity (Wildman–Crippen MR) is 185 cm³/mol. The van der Waals surface area contributed by atoms with Crippen LogP contribution in [0.5, 0.6) is 5.75 Å². The zero-order valence-electron chi connectivity index (χ0n) is 26.6. The molecule has 2 aromatic rings. The first-order chi connectivity index (χ1) is 23.0. The Morgan fingerprint density at radius 2 is 1.75 bits per heavy atom. The summed E-state index contributed by atoms with van der Waals surface area (Å²) in [6.07, 6.45) is -4.37. The molecule has 1 saturated carbocycles. The molecule has 3 aliphatic rings. The third-order valence-corrected chi connectivity index (χ3v) is 10.5. The van der Waals surface area contributed by atoms with Crippen molar-refractivity contribution in [2.45, 2.75) is 55.9 Å². The highest BCUT2D eigenvalue weighted by Crippen LogP contribution is 2.41. The number of nitrogens with one attached hydrogen (secondary N) is 1. The molecule has 1 saturated heterocycles. The van der Waals surface area contributed by atoms with E-state index in [9.17, 15) is 30.0 Å². The van der Waals surface area contributed by atoms with Crippen molar-refractivity contribution in [3.63, 3.8) is 0 Å². The monoisotopic (exact) mass is 727 g/mol. The molecule has 3 amide bonds. The van der Waals surface area contributed by atoms with Crippen molar-refractivity contribution in [2.75, 3.05) is 67.9 Å². The number of nitrogens with zero attached hydrogens (tertiary/aromatic N) is 4. The summed E-state index contributed by atoms with van der Waals surface area (Å²) >= 11 is 14.9. The van der Waals surface area contributed by atoms with Crippen LogP contribution >= 0.6 is 35.0 Å². The summed E-state index contributed by atoms with van der Waals surface area (Å²) < 4.78 is 5.76. The maximum Gasteiger partial charge on any atom is 0.317 e. The van der Waals surface area contributed by atoms with Gasteiger partial charge in [-0.1, -0.05) is 35.3 Å². The van der Waals surface area contributed by atoms with Gasteiger partial charge >= 0.3 is 6.03 Å². The number of para-hydroxylation sites is 2. The third-order valence-electron chi connectivity index (χ3n) is 8.80.